The van der Waals surface area contributed by atoms with E-state index in [9.17, 15) is 4.79 Å². The largest absolute Gasteiger partial charge is 0.388 e. The normalized spacial score (nSPS) is 16.3. The molecule has 1 N–H and O–H groups in total. The molecule has 116 valence electrons. The van der Waals surface area contributed by atoms with Gasteiger partial charge in [-0.15, -0.1) is 0 Å². The summed E-state index contributed by atoms with van der Waals surface area (Å²) >= 11 is 0. The number of amides is 1. The first-order valence-electron chi connectivity index (χ1n) is 7.73. The second-order valence-electron chi connectivity index (χ2n) is 6.28. The average molecular weight is 289 g/mol. The van der Waals surface area contributed by atoms with Crippen molar-refractivity contribution in [3.8, 4) is 0 Å². The van der Waals surface area contributed by atoms with Gasteiger partial charge in [0.25, 0.3) is 5.91 Å². The number of nitrogens with zero attached hydrogens (tertiary/aromatic N) is 2. The Morgan fingerprint density at radius 1 is 1.33 bits per heavy atom. The zero-order chi connectivity index (χ0) is 15.4. The summed E-state index contributed by atoms with van der Waals surface area (Å²) in [5.74, 6) is 0.898. The SMILES string of the molecule is CNc1ccc(C(=O)N2CCC(CN(C)C)CC2)c(C)c1. The molecule has 0 atom stereocenters. The second-order valence-corrected chi connectivity index (χ2v) is 6.28. The topological polar surface area (TPSA) is 35.6 Å². The minimum atomic E-state index is 0.179. The van der Waals surface area contributed by atoms with Crippen molar-refractivity contribution in [2.24, 2.45) is 5.92 Å². The van der Waals surface area contributed by atoms with E-state index in [4.69, 9.17) is 0 Å². The standard InChI is InChI=1S/C17H27N3O/c1-13-11-15(18-2)5-6-16(13)17(21)20-9-7-14(8-10-20)12-19(3)4/h5-6,11,14,18H,7-10,12H2,1-4H3. The number of piperidine rings is 1. The van der Waals surface area contributed by atoms with Crippen molar-refractivity contribution in [3.63, 3.8) is 0 Å². The molecule has 1 saturated heterocycles. The Labute approximate surface area is 128 Å². The smallest absolute Gasteiger partial charge is 0.254 e. The molecule has 1 aliphatic heterocycles. The first-order chi connectivity index (χ1) is 10.0. The molecule has 1 aromatic rings. The highest BCUT2D eigenvalue weighted by Gasteiger charge is 2.24. The van der Waals surface area contributed by atoms with Crippen molar-refractivity contribution < 1.29 is 4.79 Å². The Kier molecular flexibility index (Phi) is 5.23. The zero-order valence-corrected chi connectivity index (χ0v) is 13.6. The maximum absolute atomic E-state index is 12.6. The number of benzene rings is 1. The third kappa shape index (κ3) is 3.97. The van der Waals surface area contributed by atoms with Crippen LogP contribution in [-0.2, 0) is 0 Å². The van der Waals surface area contributed by atoms with Gasteiger partial charge in [-0.3, -0.25) is 4.79 Å². The van der Waals surface area contributed by atoms with Crippen LogP contribution in [0.2, 0.25) is 0 Å². The molecule has 0 aromatic heterocycles. The van der Waals surface area contributed by atoms with E-state index in [1.54, 1.807) is 0 Å². The molecule has 1 aliphatic rings. The van der Waals surface area contributed by atoms with Crippen LogP contribution < -0.4 is 5.32 Å². The molecule has 0 radical (unpaired) electrons. The minimum Gasteiger partial charge on any atom is -0.388 e. The minimum absolute atomic E-state index is 0.179. The Bertz CT molecular complexity index is 491. The maximum atomic E-state index is 12.6. The van der Waals surface area contributed by atoms with Crippen LogP contribution >= 0.6 is 0 Å². The molecule has 2 rings (SSSR count). The van der Waals surface area contributed by atoms with Crippen LogP contribution in [0.15, 0.2) is 18.2 Å². The third-order valence-electron chi connectivity index (χ3n) is 4.27. The van der Waals surface area contributed by atoms with Crippen LogP contribution in [0.5, 0.6) is 0 Å². The fraction of sp³-hybridized carbons (Fsp3) is 0.588. The predicted molar refractivity (Wildman–Crippen MR) is 87.9 cm³/mol. The van der Waals surface area contributed by atoms with E-state index in [1.165, 1.54) is 0 Å². The van der Waals surface area contributed by atoms with Gasteiger partial charge in [0, 0.05) is 37.9 Å². The molecule has 0 spiro atoms. The number of likely N-dealkylation sites (tertiary alicyclic amines) is 1. The lowest BCUT2D eigenvalue weighted by Crippen LogP contribution is -2.40. The molecular formula is C17H27N3O. The van der Waals surface area contributed by atoms with Crippen LogP contribution in [0.3, 0.4) is 0 Å². The fourth-order valence-corrected chi connectivity index (χ4v) is 3.06. The van der Waals surface area contributed by atoms with Gasteiger partial charge in [-0.25, -0.2) is 0 Å². The van der Waals surface area contributed by atoms with Crippen LogP contribution in [0.1, 0.15) is 28.8 Å². The second kappa shape index (κ2) is 6.94. The van der Waals surface area contributed by atoms with E-state index in [0.29, 0.717) is 0 Å². The molecule has 1 aromatic carbocycles. The van der Waals surface area contributed by atoms with E-state index >= 15 is 0 Å². The Balaban J connectivity index is 1.99. The van der Waals surface area contributed by atoms with Crippen LogP contribution in [-0.4, -0.2) is 56.5 Å². The predicted octanol–water partition coefficient (Wildman–Crippen LogP) is 2.45. The van der Waals surface area contributed by atoms with E-state index in [1.807, 2.05) is 37.1 Å². The molecule has 4 nitrogen and oxygen atoms in total. The van der Waals surface area contributed by atoms with Gasteiger partial charge >= 0.3 is 0 Å². The molecular weight excluding hydrogens is 262 g/mol. The Hall–Kier alpha value is -1.55. The van der Waals surface area contributed by atoms with Crippen LogP contribution in [0, 0.1) is 12.8 Å². The fourth-order valence-electron chi connectivity index (χ4n) is 3.06. The lowest BCUT2D eigenvalue weighted by Gasteiger charge is -2.33. The summed E-state index contributed by atoms with van der Waals surface area (Å²) in [7, 11) is 6.13. The van der Waals surface area contributed by atoms with Gasteiger partial charge < -0.3 is 15.1 Å². The number of nitrogens with one attached hydrogen (secondary N) is 1. The van der Waals surface area contributed by atoms with Gasteiger partial charge in [0.05, 0.1) is 0 Å². The van der Waals surface area contributed by atoms with Gasteiger partial charge in [-0.05, 0) is 63.5 Å². The molecule has 0 saturated carbocycles. The first-order valence-corrected chi connectivity index (χ1v) is 7.73. The Morgan fingerprint density at radius 3 is 2.52 bits per heavy atom. The molecule has 1 amide bonds. The number of carbonyl (C=O) groups is 1. The van der Waals surface area contributed by atoms with Crippen molar-refractivity contribution in [3.05, 3.63) is 29.3 Å². The van der Waals surface area contributed by atoms with Crippen molar-refractivity contribution in [2.45, 2.75) is 19.8 Å². The van der Waals surface area contributed by atoms with Crippen LogP contribution in [0.4, 0.5) is 5.69 Å². The van der Waals surface area contributed by atoms with Gasteiger partial charge in [-0.1, -0.05) is 0 Å². The summed E-state index contributed by atoms with van der Waals surface area (Å²) in [5, 5.41) is 3.11. The van der Waals surface area contributed by atoms with E-state index in [0.717, 1.165) is 55.2 Å². The van der Waals surface area contributed by atoms with Gasteiger partial charge in [-0.2, -0.15) is 0 Å². The summed E-state index contributed by atoms with van der Waals surface area (Å²) in [6.07, 6.45) is 2.22. The summed E-state index contributed by atoms with van der Waals surface area (Å²) in [5.41, 5.74) is 2.93. The summed E-state index contributed by atoms with van der Waals surface area (Å²) in [4.78, 5) is 16.9. The molecule has 1 heterocycles. The highest BCUT2D eigenvalue weighted by Crippen LogP contribution is 2.22. The maximum Gasteiger partial charge on any atom is 0.254 e. The van der Waals surface area contributed by atoms with Crippen molar-refractivity contribution in [1.82, 2.24) is 9.80 Å². The number of hydrogen-bond donors (Lipinski definition) is 1. The highest BCUT2D eigenvalue weighted by atomic mass is 16.2. The quantitative estimate of drug-likeness (QED) is 0.925. The molecule has 4 heteroatoms. The monoisotopic (exact) mass is 289 g/mol. The average Bonchev–Trinajstić information content (AvgIpc) is 2.46. The van der Waals surface area contributed by atoms with Gasteiger partial charge in [0.2, 0.25) is 0 Å². The van der Waals surface area contributed by atoms with E-state index in [2.05, 4.69) is 24.3 Å². The summed E-state index contributed by atoms with van der Waals surface area (Å²) in [6.45, 7) is 4.89. The first kappa shape index (κ1) is 15.8. The third-order valence-corrected chi connectivity index (χ3v) is 4.27. The van der Waals surface area contributed by atoms with Crippen molar-refractivity contribution in [2.75, 3.05) is 46.1 Å². The molecule has 1 fully saturated rings. The lowest BCUT2D eigenvalue weighted by atomic mass is 9.95. The van der Waals surface area contributed by atoms with E-state index in [-0.39, 0.29) is 5.91 Å². The summed E-state index contributed by atoms with van der Waals surface area (Å²) < 4.78 is 0. The summed E-state index contributed by atoms with van der Waals surface area (Å²) in [6, 6.07) is 5.94. The number of anilines is 1. The number of hydrogen-bond acceptors (Lipinski definition) is 3. The number of aryl methyl sites for hydroxylation is 1. The van der Waals surface area contributed by atoms with Gasteiger partial charge in [0.15, 0.2) is 0 Å². The highest BCUT2D eigenvalue weighted by molar-refractivity contribution is 5.96. The number of carbonyl (C=O) groups excluding carboxylic acids is 1. The van der Waals surface area contributed by atoms with Gasteiger partial charge in [0.1, 0.15) is 0 Å². The van der Waals surface area contributed by atoms with Crippen molar-refractivity contribution in [1.29, 1.82) is 0 Å². The molecule has 0 unspecified atom stereocenters. The molecule has 0 aliphatic carbocycles. The zero-order valence-electron chi connectivity index (χ0n) is 13.6. The number of rotatable bonds is 4. The molecule has 0 bridgehead atoms. The van der Waals surface area contributed by atoms with Crippen molar-refractivity contribution >= 4 is 11.6 Å². The molecule has 21 heavy (non-hydrogen) atoms. The van der Waals surface area contributed by atoms with E-state index < -0.39 is 0 Å². The lowest BCUT2D eigenvalue weighted by molar-refractivity contribution is 0.0677. The Morgan fingerprint density at radius 2 is 2.00 bits per heavy atom. The van der Waals surface area contributed by atoms with Crippen LogP contribution in [0.25, 0.3) is 0 Å².